The fraction of sp³-hybridized carbons (Fsp3) is 0.917. The molecule has 0 unspecified atom stereocenters. The lowest BCUT2D eigenvalue weighted by Crippen LogP contribution is -2.39. The molecule has 0 aromatic rings. The van der Waals surface area contributed by atoms with Crippen LogP contribution in [-0.2, 0) is 14.8 Å². The van der Waals surface area contributed by atoms with E-state index >= 15 is 0 Å². The molecular formula is C12H24N2O4S. The van der Waals surface area contributed by atoms with Gasteiger partial charge in [-0.05, 0) is 51.9 Å². The maximum Gasteiger partial charge on any atom is 0.405 e. The van der Waals surface area contributed by atoms with Crippen LogP contribution in [0.15, 0.2) is 0 Å². The third-order valence-corrected chi connectivity index (χ3v) is 4.15. The average molecular weight is 292 g/mol. The van der Waals surface area contributed by atoms with Crippen LogP contribution in [0.4, 0.5) is 4.79 Å². The van der Waals surface area contributed by atoms with Crippen molar-refractivity contribution < 1.29 is 17.9 Å². The molecule has 0 spiro atoms. The van der Waals surface area contributed by atoms with Gasteiger partial charge in [0.2, 0.25) is 10.0 Å². The Morgan fingerprint density at radius 1 is 1.32 bits per heavy atom. The molecular weight excluding hydrogens is 268 g/mol. The number of sulfonamides is 1. The summed E-state index contributed by atoms with van der Waals surface area (Å²) in [6.07, 6.45) is 4.69. The molecule has 0 heterocycles. The van der Waals surface area contributed by atoms with Gasteiger partial charge in [-0.1, -0.05) is 0 Å². The van der Waals surface area contributed by atoms with E-state index in [1.165, 1.54) is 6.26 Å². The van der Waals surface area contributed by atoms with Crippen molar-refractivity contribution in [2.75, 3.05) is 6.26 Å². The lowest BCUT2D eigenvalue weighted by atomic mass is 9.80. The Morgan fingerprint density at radius 3 is 2.26 bits per heavy atom. The Hall–Kier alpha value is -0.820. The number of hydrogen-bond acceptors (Lipinski definition) is 4. The fourth-order valence-corrected chi connectivity index (χ4v) is 3.64. The predicted molar refractivity (Wildman–Crippen MR) is 73.1 cm³/mol. The van der Waals surface area contributed by atoms with Gasteiger partial charge in [0.25, 0.3) is 0 Å². The van der Waals surface area contributed by atoms with Crippen LogP contribution in [0.5, 0.6) is 0 Å². The quantitative estimate of drug-likeness (QED) is 0.799. The van der Waals surface area contributed by atoms with Crippen molar-refractivity contribution in [3.05, 3.63) is 0 Å². The summed E-state index contributed by atoms with van der Waals surface area (Å²) in [5, 5.41) is 0. The summed E-state index contributed by atoms with van der Waals surface area (Å²) in [6, 6.07) is 0.0337. The zero-order valence-electron chi connectivity index (χ0n) is 11.8. The van der Waals surface area contributed by atoms with Gasteiger partial charge in [0, 0.05) is 6.04 Å². The van der Waals surface area contributed by atoms with Gasteiger partial charge in [-0.15, -0.1) is 0 Å². The molecule has 1 saturated carbocycles. The van der Waals surface area contributed by atoms with E-state index in [0.717, 1.165) is 32.1 Å². The van der Waals surface area contributed by atoms with Crippen LogP contribution in [-0.4, -0.2) is 32.4 Å². The summed E-state index contributed by atoms with van der Waals surface area (Å²) < 4.78 is 30.0. The van der Waals surface area contributed by atoms with Gasteiger partial charge in [-0.3, -0.25) is 0 Å². The van der Waals surface area contributed by atoms with Gasteiger partial charge in [0.15, 0.2) is 0 Å². The van der Waals surface area contributed by atoms with Gasteiger partial charge in [0.05, 0.1) is 6.26 Å². The Kier molecular flexibility index (Phi) is 5.20. The molecule has 0 atom stereocenters. The maximum atomic E-state index is 11.1. The number of nitrogens with two attached hydrogens (primary N) is 1. The second kappa shape index (κ2) is 6.09. The molecule has 0 bridgehead atoms. The highest BCUT2D eigenvalue weighted by Gasteiger charge is 2.30. The molecule has 1 aliphatic carbocycles. The largest absolute Gasteiger partial charge is 0.444 e. The number of amides is 1. The van der Waals surface area contributed by atoms with E-state index < -0.39 is 21.7 Å². The van der Waals surface area contributed by atoms with E-state index in [0.29, 0.717) is 5.92 Å². The van der Waals surface area contributed by atoms with Crippen molar-refractivity contribution >= 4 is 16.1 Å². The standard InChI is InChI=1S/C12H24N2O4S/c1-12(2,18-11(13)15)8-9-4-6-10(7-5-9)14-19(3,16)17/h9-10,14H,4-8H2,1-3H3,(H2,13,15)/t9-,10-. The van der Waals surface area contributed by atoms with Crippen LogP contribution < -0.4 is 10.5 Å². The van der Waals surface area contributed by atoms with E-state index in [1.807, 2.05) is 13.8 Å². The summed E-state index contributed by atoms with van der Waals surface area (Å²) in [4.78, 5) is 10.8. The molecule has 1 fully saturated rings. The summed E-state index contributed by atoms with van der Waals surface area (Å²) in [7, 11) is -3.13. The number of hydrogen-bond donors (Lipinski definition) is 2. The zero-order valence-corrected chi connectivity index (χ0v) is 12.6. The first kappa shape index (κ1) is 16.2. The van der Waals surface area contributed by atoms with Crippen LogP contribution in [0, 0.1) is 5.92 Å². The molecule has 6 nitrogen and oxygen atoms in total. The van der Waals surface area contributed by atoms with E-state index in [9.17, 15) is 13.2 Å². The number of nitrogens with one attached hydrogen (secondary N) is 1. The second-order valence-corrected chi connectivity index (χ2v) is 7.77. The van der Waals surface area contributed by atoms with E-state index in [1.54, 1.807) is 0 Å². The normalized spacial score (nSPS) is 25.0. The molecule has 1 aliphatic rings. The third-order valence-electron chi connectivity index (χ3n) is 3.38. The molecule has 112 valence electrons. The Labute approximate surface area is 115 Å². The van der Waals surface area contributed by atoms with E-state index in [4.69, 9.17) is 10.5 Å². The fourth-order valence-electron chi connectivity index (χ4n) is 2.80. The molecule has 1 amide bonds. The molecule has 0 aliphatic heterocycles. The lowest BCUT2D eigenvalue weighted by molar-refractivity contribution is 0.0210. The van der Waals surface area contributed by atoms with Crippen molar-refractivity contribution in [2.24, 2.45) is 11.7 Å². The summed E-state index contributed by atoms with van der Waals surface area (Å²) in [5.74, 6) is 0.437. The highest BCUT2D eigenvalue weighted by molar-refractivity contribution is 7.88. The van der Waals surface area contributed by atoms with Gasteiger partial charge >= 0.3 is 6.09 Å². The molecule has 0 radical (unpaired) electrons. The second-order valence-electron chi connectivity index (χ2n) is 5.99. The predicted octanol–water partition coefficient (Wildman–Crippen LogP) is 1.36. The number of ether oxygens (including phenoxy) is 1. The van der Waals surface area contributed by atoms with Crippen molar-refractivity contribution in [3.63, 3.8) is 0 Å². The third kappa shape index (κ3) is 6.77. The van der Waals surface area contributed by atoms with Crippen LogP contribution in [0.1, 0.15) is 46.0 Å². The minimum absolute atomic E-state index is 0.0337. The monoisotopic (exact) mass is 292 g/mol. The molecule has 19 heavy (non-hydrogen) atoms. The van der Waals surface area contributed by atoms with Crippen LogP contribution in [0.25, 0.3) is 0 Å². The molecule has 7 heteroatoms. The lowest BCUT2D eigenvalue weighted by Gasteiger charge is -2.33. The smallest absolute Gasteiger partial charge is 0.405 e. The first-order valence-electron chi connectivity index (χ1n) is 6.53. The summed E-state index contributed by atoms with van der Waals surface area (Å²) >= 11 is 0. The maximum absolute atomic E-state index is 11.1. The van der Waals surface area contributed by atoms with Crippen LogP contribution >= 0.6 is 0 Å². The highest BCUT2D eigenvalue weighted by Crippen LogP contribution is 2.32. The number of rotatable bonds is 5. The average Bonchev–Trinajstić information content (AvgIpc) is 2.16. The number of carbonyl (C=O) groups is 1. The van der Waals surface area contributed by atoms with Gasteiger partial charge < -0.3 is 10.5 Å². The Balaban J connectivity index is 2.40. The van der Waals surface area contributed by atoms with Gasteiger partial charge in [-0.2, -0.15) is 0 Å². The molecule has 1 rings (SSSR count). The Bertz CT molecular complexity index is 411. The molecule has 0 aromatic heterocycles. The van der Waals surface area contributed by atoms with Crippen molar-refractivity contribution in [1.82, 2.24) is 4.72 Å². The van der Waals surface area contributed by atoms with Gasteiger partial charge in [0.1, 0.15) is 5.60 Å². The minimum Gasteiger partial charge on any atom is -0.444 e. The summed E-state index contributed by atoms with van der Waals surface area (Å²) in [5.41, 5.74) is 4.48. The highest BCUT2D eigenvalue weighted by atomic mass is 32.2. The van der Waals surface area contributed by atoms with Crippen molar-refractivity contribution in [2.45, 2.75) is 57.6 Å². The zero-order chi connectivity index (χ0) is 14.7. The topological polar surface area (TPSA) is 98.5 Å². The van der Waals surface area contributed by atoms with Crippen molar-refractivity contribution in [3.8, 4) is 0 Å². The summed E-state index contributed by atoms with van der Waals surface area (Å²) in [6.45, 7) is 3.69. The first-order valence-corrected chi connectivity index (χ1v) is 8.42. The van der Waals surface area contributed by atoms with Gasteiger partial charge in [-0.25, -0.2) is 17.9 Å². The van der Waals surface area contributed by atoms with Crippen LogP contribution in [0.2, 0.25) is 0 Å². The van der Waals surface area contributed by atoms with E-state index in [-0.39, 0.29) is 6.04 Å². The van der Waals surface area contributed by atoms with Crippen molar-refractivity contribution in [1.29, 1.82) is 0 Å². The minimum atomic E-state index is -3.13. The molecule has 3 N–H and O–H groups in total. The van der Waals surface area contributed by atoms with Crippen LogP contribution in [0.3, 0.4) is 0 Å². The molecule has 0 saturated heterocycles. The first-order chi connectivity index (χ1) is 8.57. The Morgan fingerprint density at radius 2 is 1.84 bits per heavy atom. The number of carbonyl (C=O) groups excluding carboxylic acids is 1. The SMILES string of the molecule is CC(C)(C[C@H]1CC[C@H](NS(C)(=O)=O)CC1)OC(N)=O. The molecule has 0 aromatic carbocycles. The van der Waals surface area contributed by atoms with E-state index in [2.05, 4.69) is 4.72 Å². The number of primary amides is 1.